The summed E-state index contributed by atoms with van der Waals surface area (Å²) in [6.07, 6.45) is 5.25. The van der Waals surface area contributed by atoms with Crippen molar-refractivity contribution < 1.29 is 13.6 Å². The third-order valence-corrected chi connectivity index (χ3v) is 5.09. The van der Waals surface area contributed by atoms with E-state index in [-0.39, 0.29) is 11.9 Å². The highest BCUT2D eigenvalue weighted by Crippen LogP contribution is 2.31. The molecule has 1 amide bonds. The zero-order chi connectivity index (χ0) is 19.5. The Morgan fingerprint density at radius 1 is 1.14 bits per heavy atom. The molecule has 0 fully saturated rings. The molecular formula is C22H21F2N3O. The first kappa shape index (κ1) is 18.3. The summed E-state index contributed by atoms with van der Waals surface area (Å²) in [5, 5.41) is 7.43. The summed E-state index contributed by atoms with van der Waals surface area (Å²) in [4.78, 5) is 12.4. The molecule has 4 rings (SSSR count). The van der Waals surface area contributed by atoms with E-state index in [1.165, 1.54) is 12.1 Å². The Bertz CT molecular complexity index is 964. The predicted molar refractivity (Wildman–Crippen MR) is 102 cm³/mol. The van der Waals surface area contributed by atoms with Crippen LogP contribution >= 0.6 is 0 Å². The topological polar surface area (TPSA) is 46.9 Å². The van der Waals surface area contributed by atoms with Gasteiger partial charge in [-0.05, 0) is 43.4 Å². The Hall–Kier alpha value is -3.02. The van der Waals surface area contributed by atoms with Crippen LogP contribution in [0, 0.1) is 11.6 Å². The van der Waals surface area contributed by atoms with Gasteiger partial charge in [-0.3, -0.25) is 4.79 Å². The van der Waals surface area contributed by atoms with Gasteiger partial charge in [0.25, 0.3) is 0 Å². The first-order chi connectivity index (χ1) is 13.6. The summed E-state index contributed by atoms with van der Waals surface area (Å²) in [5.74, 6) is -1.28. The van der Waals surface area contributed by atoms with Crippen molar-refractivity contribution in [2.45, 2.75) is 38.1 Å². The lowest BCUT2D eigenvalue weighted by molar-refractivity contribution is -0.121. The van der Waals surface area contributed by atoms with E-state index < -0.39 is 11.6 Å². The summed E-state index contributed by atoms with van der Waals surface area (Å²) in [6, 6.07) is 13.1. The fourth-order valence-electron chi connectivity index (χ4n) is 3.76. The molecule has 28 heavy (non-hydrogen) atoms. The molecule has 0 radical (unpaired) electrons. The number of nitrogens with one attached hydrogen (secondary N) is 1. The second kappa shape index (κ2) is 7.92. The number of benzene rings is 2. The van der Waals surface area contributed by atoms with Crippen LogP contribution in [0.25, 0.3) is 5.69 Å². The van der Waals surface area contributed by atoms with E-state index in [2.05, 4.69) is 10.4 Å². The van der Waals surface area contributed by atoms with E-state index in [9.17, 15) is 13.6 Å². The van der Waals surface area contributed by atoms with Gasteiger partial charge in [0.05, 0.1) is 17.9 Å². The lowest BCUT2D eigenvalue weighted by atomic mass is 9.92. The number of carbonyl (C=O) groups excluding carboxylic acids is 1. The first-order valence-electron chi connectivity index (χ1n) is 9.47. The SMILES string of the molecule is O=C(CCc1ccccc1)NC1CCCc2c1cnn2-c1cc(F)cc(F)c1. The van der Waals surface area contributed by atoms with Crippen LogP contribution in [0.2, 0.25) is 0 Å². The summed E-state index contributed by atoms with van der Waals surface area (Å²) in [5.41, 5.74) is 3.30. The van der Waals surface area contributed by atoms with E-state index in [1.807, 2.05) is 30.3 Å². The normalized spacial score (nSPS) is 15.9. The minimum atomic E-state index is -0.638. The van der Waals surface area contributed by atoms with Crippen LogP contribution in [0.1, 0.15) is 42.1 Å². The summed E-state index contributed by atoms with van der Waals surface area (Å²) < 4.78 is 28.7. The molecule has 1 heterocycles. The molecular weight excluding hydrogens is 360 g/mol. The van der Waals surface area contributed by atoms with Gasteiger partial charge in [-0.15, -0.1) is 0 Å². The van der Waals surface area contributed by atoms with E-state index in [4.69, 9.17) is 0 Å². The molecule has 0 bridgehead atoms. The fraction of sp³-hybridized carbons (Fsp3) is 0.273. The van der Waals surface area contributed by atoms with Crippen LogP contribution < -0.4 is 5.32 Å². The van der Waals surface area contributed by atoms with Crippen molar-refractivity contribution in [1.29, 1.82) is 0 Å². The lowest BCUT2D eigenvalue weighted by Crippen LogP contribution is -2.31. The van der Waals surface area contributed by atoms with Crippen molar-refractivity contribution >= 4 is 5.91 Å². The van der Waals surface area contributed by atoms with Crippen LogP contribution in [0.3, 0.4) is 0 Å². The van der Waals surface area contributed by atoms with Crippen LogP contribution in [-0.4, -0.2) is 15.7 Å². The Labute approximate surface area is 162 Å². The van der Waals surface area contributed by atoms with Crippen LogP contribution in [0.5, 0.6) is 0 Å². The number of rotatable bonds is 5. The van der Waals surface area contributed by atoms with Gasteiger partial charge in [0.2, 0.25) is 5.91 Å². The second-order valence-electron chi connectivity index (χ2n) is 7.08. The highest BCUT2D eigenvalue weighted by Gasteiger charge is 2.26. The third-order valence-electron chi connectivity index (χ3n) is 5.09. The van der Waals surface area contributed by atoms with Gasteiger partial charge in [0, 0.05) is 23.7 Å². The second-order valence-corrected chi connectivity index (χ2v) is 7.08. The average molecular weight is 381 g/mol. The minimum absolute atomic E-state index is 0.00810. The van der Waals surface area contributed by atoms with Crippen molar-refractivity contribution in [1.82, 2.24) is 15.1 Å². The Kier molecular flexibility index (Phi) is 5.19. The van der Waals surface area contributed by atoms with E-state index >= 15 is 0 Å². The number of aryl methyl sites for hydroxylation is 1. The number of carbonyl (C=O) groups is 1. The fourth-order valence-corrected chi connectivity index (χ4v) is 3.76. The molecule has 2 aromatic carbocycles. The number of aromatic nitrogens is 2. The lowest BCUT2D eigenvalue weighted by Gasteiger charge is -2.24. The number of fused-ring (bicyclic) bond motifs is 1. The molecule has 1 aliphatic rings. The molecule has 3 aromatic rings. The molecule has 144 valence electrons. The van der Waals surface area contributed by atoms with Crippen molar-refractivity contribution in [2.75, 3.05) is 0 Å². The van der Waals surface area contributed by atoms with E-state index in [0.717, 1.165) is 42.1 Å². The Morgan fingerprint density at radius 3 is 2.64 bits per heavy atom. The van der Waals surface area contributed by atoms with Gasteiger partial charge in [0.1, 0.15) is 11.6 Å². The minimum Gasteiger partial charge on any atom is -0.349 e. The van der Waals surface area contributed by atoms with Gasteiger partial charge in [0.15, 0.2) is 0 Å². The monoisotopic (exact) mass is 381 g/mol. The first-order valence-corrected chi connectivity index (χ1v) is 9.47. The van der Waals surface area contributed by atoms with Gasteiger partial charge in [-0.2, -0.15) is 5.10 Å². The largest absolute Gasteiger partial charge is 0.349 e. The molecule has 4 nitrogen and oxygen atoms in total. The van der Waals surface area contributed by atoms with Crippen LogP contribution in [0.15, 0.2) is 54.7 Å². The van der Waals surface area contributed by atoms with Gasteiger partial charge in [-0.1, -0.05) is 30.3 Å². The standard InChI is InChI=1S/C22H21F2N3O/c23-16-11-17(24)13-18(12-16)27-21-8-4-7-20(19(21)14-25-27)26-22(28)10-9-15-5-2-1-3-6-15/h1-3,5-6,11-14,20H,4,7-10H2,(H,26,28). The third kappa shape index (κ3) is 3.96. The average Bonchev–Trinajstić information content (AvgIpc) is 3.12. The smallest absolute Gasteiger partial charge is 0.220 e. The summed E-state index contributed by atoms with van der Waals surface area (Å²) in [6.45, 7) is 0. The summed E-state index contributed by atoms with van der Waals surface area (Å²) in [7, 11) is 0. The summed E-state index contributed by atoms with van der Waals surface area (Å²) >= 11 is 0. The number of hydrogen-bond donors (Lipinski definition) is 1. The van der Waals surface area contributed by atoms with Crippen molar-refractivity contribution in [2.24, 2.45) is 0 Å². The van der Waals surface area contributed by atoms with Gasteiger partial charge < -0.3 is 5.32 Å². The highest BCUT2D eigenvalue weighted by molar-refractivity contribution is 5.76. The molecule has 0 saturated carbocycles. The zero-order valence-corrected chi connectivity index (χ0v) is 15.4. The molecule has 0 aliphatic heterocycles. The van der Waals surface area contributed by atoms with Gasteiger partial charge in [-0.25, -0.2) is 13.5 Å². The highest BCUT2D eigenvalue weighted by atomic mass is 19.1. The molecule has 0 saturated heterocycles. The van der Waals surface area contributed by atoms with E-state index in [1.54, 1.807) is 10.9 Å². The quantitative estimate of drug-likeness (QED) is 0.717. The Morgan fingerprint density at radius 2 is 1.89 bits per heavy atom. The van der Waals surface area contributed by atoms with Gasteiger partial charge >= 0.3 is 0 Å². The molecule has 1 aromatic heterocycles. The predicted octanol–water partition coefficient (Wildman–Crippen LogP) is 4.28. The maximum absolute atomic E-state index is 13.6. The molecule has 1 N–H and O–H groups in total. The van der Waals surface area contributed by atoms with Crippen molar-refractivity contribution in [3.05, 3.63) is 83.2 Å². The van der Waals surface area contributed by atoms with Crippen molar-refractivity contribution in [3.8, 4) is 5.69 Å². The number of hydrogen-bond acceptors (Lipinski definition) is 2. The molecule has 1 unspecified atom stereocenters. The maximum atomic E-state index is 13.6. The van der Waals surface area contributed by atoms with Crippen LogP contribution in [0.4, 0.5) is 8.78 Å². The van der Waals surface area contributed by atoms with Crippen LogP contribution in [-0.2, 0) is 17.6 Å². The zero-order valence-electron chi connectivity index (χ0n) is 15.4. The van der Waals surface area contributed by atoms with E-state index in [0.29, 0.717) is 18.5 Å². The molecule has 0 spiro atoms. The maximum Gasteiger partial charge on any atom is 0.220 e. The van der Waals surface area contributed by atoms with Crippen molar-refractivity contribution in [3.63, 3.8) is 0 Å². The number of halogens is 2. The Balaban J connectivity index is 1.48. The number of amides is 1. The molecule has 1 aliphatic carbocycles. The molecule has 6 heteroatoms. The molecule has 1 atom stereocenters. The number of nitrogens with zero attached hydrogens (tertiary/aromatic N) is 2.